The van der Waals surface area contributed by atoms with Gasteiger partial charge in [0.05, 0.1) is 11.0 Å². The van der Waals surface area contributed by atoms with Crippen molar-refractivity contribution in [3.63, 3.8) is 0 Å². The molecule has 1 aromatic carbocycles. The third kappa shape index (κ3) is 3.80. The highest BCUT2D eigenvalue weighted by Crippen LogP contribution is 2.21. The van der Waals surface area contributed by atoms with E-state index in [1.807, 2.05) is 19.9 Å². The van der Waals surface area contributed by atoms with Crippen molar-refractivity contribution in [2.45, 2.75) is 32.7 Å². The van der Waals surface area contributed by atoms with Gasteiger partial charge >= 0.3 is 0 Å². The second kappa shape index (κ2) is 5.90. The van der Waals surface area contributed by atoms with Crippen LogP contribution in [0.2, 0.25) is 0 Å². The molecule has 0 aliphatic rings. The van der Waals surface area contributed by atoms with Crippen molar-refractivity contribution in [3.05, 3.63) is 33.9 Å². The molecule has 0 aliphatic carbocycles. The van der Waals surface area contributed by atoms with E-state index in [1.54, 1.807) is 0 Å². The van der Waals surface area contributed by atoms with E-state index in [-0.39, 0.29) is 11.7 Å². The second-order valence-electron chi connectivity index (χ2n) is 3.97. The molecule has 0 saturated carbocycles. The van der Waals surface area contributed by atoms with Crippen LogP contribution in [0.5, 0.6) is 0 Å². The number of terminal acetylenes is 1. The van der Waals surface area contributed by atoms with E-state index in [4.69, 9.17) is 6.42 Å². The monoisotopic (exact) mass is 232 g/mol. The van der Waals surface area contributed by atoms with Crippen LogP contribution in [0.4, 0.5) is 11.4 Å². The molecule has 4 nitrogen and oxygen atoms in total. The average molecular weight is 232 g/mol. The van der Waals surface area contributed by atoms with Gasteiger partial charge in [-0.3, -0.25) is 10.1 Å². The minimum Gasteiger partial charge on any atom is -0.371 e. The molecule has 0 saturated heterocycles. The van der Waals surface area contributed by atoms with Crippen molar-refractivity contribution in [2.24, 2.45) is 0 Å². The first-order chi connectivity index (χ1) is 8.06. The van der Waals surface area contributed by atoms with E-state index >= 15 is 0 Å². The summed E-state index contributed by atoms with van der Waals surface area (Å²) in [4.78, 5) is 10.3. The number of hydrogen-bond donors (Lipinski definition) is 1. The number of benzene rings is 1. The van der Waals surface area contributed by atoms with Gasteiger partial charge in [-0.2, -0.15) is 0 Å². The third-order valence-corrected chi connectivity index (χ3v) is 2.39. The van der Waals surface area contributed by atoms with Crippen molar-refractivity contribution in [1.29, 1.82) is 0 Å². The molecule has 1 rings (SSSR count). The average Bonchev–Trinajstić information content (AvgIpc) is 2.27. The molecule has 0 aromatic heterocycles. The molecule has 4 heteroatoms. The summed E-state index contributed by atoms with van der Waals surface area (Å²) in [5.41, 5.74) is 1.63. The molecule has 0 spiro atoms. The molecule has 0 fully saturated rings. The highest BCUT2D eigenvalue weighted by atomic mass is 16.6. The lowest BCUT2D eigenvalue weighted by Gasteiger charge is -2.13. The Hall–Kier alpha value is -2.02. The summed E-state index contributed by atoms with van der Waals surface area (Å²) in [6.45, 7) is 3.87. The second-order valence-corrected chi connectivity index (χ2v) is 3.97. The normalized spacial score (nSPS) is 11.6. The Bertz CT molecular complexity index is 449. The minimum absolute atomic E-state index is 0.0820. The number of non-ortho nitro benzene ring substituents is 1. The van der Waals surface area contributed by atoms with Crippen LogP contribution in [0.25, 0.3) is 0 Å². The zero-order chi connectivity index (χ0) is 12.8. The fourth-order valence-corrected chi connectivity index (χ4v) is 1.64. The predicted octanol–water partition coefficient (Wildman–Crippen LogP) is 3.12. The summed E-state index contributed by atoms with van der Waals surface area (Å²) in [5.74, 6) is 2.64. The predicted molar refractivity (Wildman–Crippen MR) is 69.0 cm³/mol. The molecule has 1 aromatic rings. The summed E-state index contributed by atoms with van der Waals surface area (Å²) in [6, 6.07) is 4.82. The maximum Gasteiger partial charge on any atom is 0.271 e. The van der Waals surface area contributed by atoms with Crippen LogP contribution in [0.15, 0.2) is 18.2 Å². The number of nitrogens with one attached hydrogen (secondary N) is 1. The lowest BCUT2D eigenvalue weighted by Crippen LogP contribution is -2.16. The van der Waals surface area contributed by atoms with E-state index in [9.17, 15) is 10.1 Å². The molecule has 1 unspecified atom stereocenters. The summed E-state index contributed by atoms with van der Waals surface area (Å²) >= 11 is 0. The summed E-state index contributed by atoms with van der Waals surface area (Å²) < 4.78 is 0. The number of nitrogens with zero attached hydrogens (tertiary/aromatic N) is 1. The zero-order valence-electron chi connectivity index (χ0n) is 10.1. The van der Waals surface area contributed by atoms with Crippen LogP contribution in [-0.4, -0.2) is 11.0 Å². The van der Waals surface area contributed by atoms with Gasteiger partial charge in [-0.1, -0.05) is 19.3 Å². The summed E-state index contributed by atoms with van der Waals surface area (Å²) in [5, 5.41) is 13.8. The molecular weight excluding hydrogens is 216 g/mol. The van der Waals surface area contributed by atoms with Crippen LogP contribution < -0.4 is 5.32 Å². The maximum absolute atomic E-state index is 10.7. The van der Waals surface area contributed by atoms with Gasteiger partial charge in [0.15, 0.2) is 0 Å². The smallest absolute Gasteiger partial charge is 0.271 e. The van der Waals surface area contributed by atoms with Gasteiger partial charge in [0, 0.05) is 17.8 Å². The molecule has 0 heterocycles. The fourth-order valence-electron chi connectivity index (χ4n) is 1.64. The molecule has 17 heavy (non-hydrogen) atoms. The molecule has 90 valence electrons. The van der Waals surface area contributed by atoms with Crippen molar-refractivity contribution in [3.8, 4) is 12.3 Å². The van der Waals surface area contributed by atoms with Gasteiger partial charge in [-0.05, 0) is 25.0 Å². The van der Waals surface area contributed by atoms with Crippen LogP contribution in [0, 0.1) is 29.4 Å². The standard InChI is InChI=1S/C13H16N2O2/c1-4-6-11(5-2)14-12-7-10(3)8-13(9-12)15(16)17/h2,7-9,11,14H,4,6H2,1,3H3. The van der Waals surface area contributed by atoms with Gasteiger partial charge in [-0.25, -0.2) is 0 Å². The van der Waals surface area contributed by atoms with Crippen LogP contribution in [0.3, 0.4) is 0 Å². The van der Waals surface area contributed by atoms with E-state index < -0.39 is 4.92 Å². The Morgan fingerprint density at radius 3 is 2.76 bits per heavy atom. The van der Waals surface area contributed by atoms with Gasteiger partial charge in [0.2, 0.25) is 0 Å². The lowest BCUT2D eigenvalue weighted by atomic mass is 10.1. The summed E-state index contributed by atoms with van der Waals surface area (Å²) in [6.07, 6.45) is 7.21. The Morgan fingerprint density at radius 1 is 1.53 bits per heavy atom. The fraction of sp³-hybridized carbons (Fsp3) is 0.385. The lowest BCUT2D eigenvalue weighted by molar-refractivity contribution is -0.384. The molecule has 0 radical (unpaired) electrons. The number of aryl methyl sites for hydroxylation is 1. The Balaban J connectivity index is 2.91. The maximum atomic E-state index is 10.7. The Kier molecular flexibility index (Phi) is 4.53. The quantitative estimate of drug-likeness (QED) is 0.482. The van der Waals surface area contributed by atoms with Gasteiger partial charge < -0.3 is 5.32 Å². The molecule has 0 amide bonds. The molecule has 1 atom stereocenters. The number of anilines is 1. The first kappa shape index (κ1) is 13.0. The number of hydrogen-bond acceptors (Lipinski definition) is 3. The number of rotatable bonds is 5. The largest absolute Gasteiger partial charge is 0.371 e. The molecule has 0 bridgehead atoms. The van der Waals surface area contributed by atoms with E-state index in [0.29, 0.717) is 5.69 Å². The Morgan fingerprint density at radius 2 is 2.24 bits per heavy atom. The number of nitro groups is 1. The first-order valence-electron chi connectivity index (χ1n) is 5.55. The van der Waals surface area contributed by atoms with Crippen molar-refractivity contribution >= 4 is 11.4 Å². The van der Waals surface area contributed by atoms with Crippen LogP contribution in [0.1, 0.15) is 25.3 Å². The van der Waals surface area contributed by atoms with Crippen molar-refractivity contribution in [2.75, 3.05) is 5.32 Å². The number of nitro benzene ring substituents is 1. The Labute approximate surface area is 101 Å². The SMILES string of the molecule is C#CC(CCC)Nc1cc(C)cc([N+](=O)[O-])c1. The highest BCUT2D eigenvalue weighted by Gasteiger charge is 2.10. The van der Waals surface area contributed by atoms with Crippen molar-refractivity contribution < 1.29 is 4.92 Å². The molecular formula is C13H16N2O2. The topological polar surface area (TPSA) is 55.2 Å². The minimum atomic E-state index is -0.400. The summed E-state index contributed by atoms with van der Waals surface area (Å²) in [7, 11) is 0. The first-order valence-corrected chi connectivity index (χ1v) is 5.55. The van der Waals surface area contributed by atoms with E-state index in [0.717, 1.165) is 18.4 Å². The van der Waals surface area contributed by atoms with Gasteiger partial charge in [0.1, 0.15) is 0 Å². The van der Waals surface area contributed by atoms with Gasteiger partial charge in [-0.15, -0.1) is 6.42 Å². The zero-order valence-corrected chi connectivity index (χ0v) is 10.1. The van der Waals surface area contributed by atoms with Gasteiger partial charge in [0.25, 0.3) is 5.69 Å². The third-order valence-electron chi connectivity index (χ3n) is 2.39. The molecule has 0 aliphatic heterocycles. The molecule has 1 N–H and O–H groups in total. The van der Waals surface area contributed by atoms with E-state index in [1.165, 1.54) is 12.1 Å². The van der Waals surface area contributed by atoms with Crippen LogP contribution in [-0.2, 0) is 0 Å². The van der Waals surface area contributed by atoms with Crippen molar-refractivity contribution in [1.82, 2.24) is 0 Å². The van der Waals surface area contributed by atoms with E-state index in [2.05, 4.69) is 11.2 Å². The van der Waals surface area contributed by atoms with Crippen LogP contribution >= 0.6 is 0 Å². The highest BCUT2D eigenvalue weighted by molar-refractivity contribution is 5.55.